The summed E-state index contributed by atoms with van der Waals surface area (Å²) in [6, 6.07) is 13.7. The molecule has 5 aromatic rings. The summed E-state index contributed by atoms with van der Waals surface area (Å²) >= 11 is 2.73. The molecule has 30 heavy (non-hydrogen) atoms. The number of hydrogen-bond donors (Lipinski definition) is 1. The fourth-order valence-corrected chi connectivity index (χ4v) is 4.57. The van der Waals surface area contributed by atoms with Crippen molar-refractivity contribution >= 4 is 55.4 Å². The fraction of sp³-hybridized carbons (Fsp3) is 0.0500. The predicted molar refractivity (Wildman–Crippen MR) is 116 cm³/mol. The zero-order valence-corrected chi connectivity index (χ0v) is 17.0. The minimum absolute atomic E-state index is 0.170. The summed E-state index contributed by atoms with van der Waals surface area (Å²) in [7, 11) is 0. The number of thioether (sulfide) groups is 1. The minimum Gasteiger partial charge on any atom is -0.301 e. The van der Waals surface area contributed by atoms with E-state index in [4.69, 9.17) is 0 Å². The maximum absolute atomic E-state index is 13.2. The zero-order valence-electron chi connectivity index (χ0n) is 15.3. The van der Waals surface area contributed by atoms with Crippen molar-refractivity contribution in [2.45, 2.75) is 5.03 Å². The number of rotatable bonds is 5. The molecule has 3 heterocycles. The van der Waals surface area contributed by atoms with Crippen LogP contribution < -0.4 is 5.32 Å². The molecule has 0 aliphatic carbocycles. The number of para-hydroxylation sites is 1. The average Bonchev–Trinajstić information content (AvgIpc) is 3.36. The van der Waals surface area contributed by atoms with Crippen LogP contribution in [-0.2, 0) is 4.79 Å². The van der Waals surface area contributed by atoms with Gasteiger partial charge in [-0.15, -0.1) is 0 Å². The van der Waals surface area contributed by atoms with E-state index in [1.165, 1.54) is 41.6 Å². The molecule has 0 spiro atoms. The molecule has 0 atom stereocenters. The van der Waals surface area contributed by atoms with Crippen LogP contribution in [0.2, 0.25) is 0 Å². The lowest BCUT2D eigenvalue weighted by Gasteiger charge is -2.04. The second-order valence-corrected chi connectivity index (χ2v) is 8.27. The number of carbonyl (C=O) groups is 1. The Labute approximate surface area is 178 Å². The first-order chi connectivity index (χ1) is 14.7. The van der Waals surface area contributed by atoms with E-state index in [9.17, 15) is 9.18 Å². The third-order valence-corrected chi connectivity index (χ3v) is 6.24. The first-order valence-electron chi connectivity index (χ1n) is 8.90. The van der Waals surface area contributed by atoms with E-state index in [0.717, 1.165) is 15.6 Å². The van der Waals surface area contributed by atoms with Gasteiger partial charge < -0.3 is 5.32 Å². The summed E-state index contributed by atoms with van der Waals surface area (Å²) in [5, 5.41) is 9.11. The number of aromatic nitrogens is 5. The molecule has 148 valence electrons. The van der Waals surface area contributed by atoms with Gasteiger partial charge in [0, 0.05) is 0 Å². The molecule has 0 saturated heterocycles. The van der Waals surface area contributed by atoms with E-state index in [1.54, 1.807) is 23.0 Å². The average molecular weight is 436 g/mol. The zero-order chi connectivity index (χ0) is 20.5. The Morgan fingerprint density at radius 2 is 1.97 bits per heavy atom. The summed E-state index contributed by atoms with van der Waals surface area (Å²) in [5.74, 6) is -0.319. The van der Waals surface area contributed by atoms with Crippen LogP contribution in [0.1, 0.15) is 0 Å². The van der Waals surface area contributed by atoms with Gasteiger partial charge in [-0.2, -0.15) is 5.10 Å². The Hall–Kier alpha value is -3.37. The quantitative estimate of drug-likeness (QED) is 0.327. The lowest BCUT2D eigenvalue weighted by Crippen LogP contribution is -2.13. The Kier molecular flexibility index (Phi) is 4.85. The largest absolute Gasteiger partial charge is 0.301 e. The maximum Gasteiger partial charge on any atom is 0.236 e. The van der Waals surface area contributed by atoms with Crippen LogP contribution in [0.3, 0.4) is 0 Å². The van der Waals surface area contributed by atoms with Crippen LogP contribution in [0.5, 0.6) is 0 Å². The molecule has 0 aliphatic heterocycles. The van der Waals surface area contributed by atoms with Crippen molar-refractivity contribution < 1.29 is 9.18 Å². The number of amides is 1. The van der Waals surface area contributed by atoms with E-state index in [0.29, 0.717) is 21.5 Å². The van der Waals surface area contributed by atoms with Crippen molar-refractivity contribution in [3.8, 4) is 5.69 Å². The number of thiazole rings is 1. The predicted octanol–water partition coefficient (Wildman–Crippen LogP) is 4.30. The Bertz CT molecular complexity index is 1330. The molecule has 7 nitrogen and oxygen atoms in total. The fourth-order valence-electron chi connectivity index (χ4n) is 2.92. The van der Waals surface area contributed by atoms with Crippen molar-refractivity contribution in [3.63, 3.8) is 0 Å². The van der Waals surface area contributed by atoms with Crippen LogP contribution in [0, 0.1) is 5.82 Å². The highest BCUT2D eigenvalue weighted by Gasteiger charge is 2.14. The molecule has 3 aromatic heterocycles. The molecule has 0 saturated carbocycles. The van der Waals surface area contributed by atoms with Gasteiger partial charge in [-0.1, -0.05) is 35.2 Å². The van der Waals surface area contributed by atoms with Gasteiger partial charge in [0.15, 0.2) is 10.8 Å². The number of halogens is 1. The lowest BCUT2D eigenvalue weighted by atomic mass is 10.3. The van der Waals surface area contributed by atoms with E-state index < -0.39 is 0 Å². The van der Waals surface area contributed by atoms with Crippen molar-refractivity contribution in [2.24, 2.45) is 0 Å². The van der Waals surface area contributed by atoms with Gasteiger partial charge in [0.05, 0.1) is 33.2 Å². The monoisotopic (exact) mass is 436 g/mol. The number of carbonyl (C=O) groups excluding carboxylic acids is 1. The number of anilines is 1. The standard InChI is InChI=1S/C20H13FN6OS2/c21-12-5-7-13(8-6-12)27-18-14(9-24-27)19(23-11-22-18)29-10-17(28)26-20-25-15-3-1-2-4-16(15)30-20/h1-9,11H,10H2,(H,25,26,28). The number of benzene rings is 2. The minimum atomic E-state index is -0.319. The van der Waals surface area contributed by atoms with Crippen molar-refractivity contribution in [1.29, 1.82) is 0 Å². The number of hydrogen-bond acceptors (Lipinski definition) is 7. The van der Waals surface area contributed by atoms with Gasteiger partial charge in [-0.05, 0) is 36.4 Å². The van der Waals surface area contributed by atoms with Crippen molar-refractivity contribution in [2.75, 3.05) is 11.1 Å². The second-order valence-electron chi connectivity index (χ2n) is 6.27. The highest BCUT2D eigenvalue weighted by molar-refractivity contribution is 8.00. The SMILES string of the molecule is O=C(CSc1ncnc2c1cnn2-c1ccc(F)cc1)Nc1nc2ccccc2s1. The van der Waals surface area contributed by atoms with Crippen LogP contribution in [0.4, 0.5) is 9.52 Å². The molecule has 2 aromatic carbocycles. The summed E-state index contributed by atoms with van der Waals surface area (Å²) in [4.78, 5) is 25.4. The highest BCUT2D eigenvalue weighted by Crippen LogP contribution is 2.28. The van der Waals surface area contributed by atoms with Crippen LogP contribution in [-0.4, -0.2) is 36.4 Å². The van der Waals surface area contributed by atoms with E-state index in [2.05, 4.69) is 25.4 Å². The first-order valence-corrected chi connectivity index (χ1v) is 10.7. The Balaban J connectivity index is 1.32. The third kappa shape index (κ3) is 3.62. The number of nitrogens with zero attached hydrogens (tertiary/aromatic N) is 5. The van der Waals surface area contributed by atoms with Crippen LogP contribution >= 0.6 is 23.1 Å². The lowest BCUT2D eigenvalue weighted by molar-refractivity contribution is -0.113. The smallest absolute Gasteiger partial charge is 0.236 e. The Morgan fingerprint density at radius 1 is 1.13 bits per heavy atom. The van der Waals surface area contributed by atoms with E-state index >= 15 is 0 Å². The van der Waals surface area contributed by atoms with E-state index in [-0.39, 0.29) is 17.5 Å². The molecular formula is C20H13FN6OS2. The van der Waals surface area contributed by atoms with Gasteiger partial charge in [0.1, 0.15) is 17.2 Å². The topological polar surface area (TPSA) is 85.6 Å². The van der Waals surface area contributed by atoms with Gasteiger partial charge in [-0.3, -0.25) is 4.79 Å². The molecule has 0 radical (unpaired) electrons. The molecule has 1 amide bonds. The molecule has 0 aliphatic rings. The number of fused-ring (bicyclic) bond motifs is 2. The first kappa shape index (κ1) is 18.6. The summed E-state index contributed by atoms with van der Waals surface area (Å²) in [6.07, 6.45) is 3.07. The summed E-state index contributed by atoms with van der Waals surface area (Å²) < 4.78 is 15.8. The molecule has 5 rings (SSSR count). The number of nitrogens with one attached hydrogen (secondary N) is 1. The molecule has 0 fully saturated rings. The van der Waals surface area contributed by atoms with Gasteiger partial charge in [-0.25, -0.2) is 24.0 Å². The van der Waals surface area contributed by atoms with Gasteiger partial charge in [0.25, 0.3) is 0 Å². The molecule has 1 N–H and O–H groups in total. The van der Waals surface area contributed by atoms with E-state index in [1.807, 2.05) is 24.3 Å². The molecule has 0 bridgehead atoms. The maximum atomic E-state index is 13.2. The van der Waals surface area contributed by atoms with Crippen molar-refractivity contribution in [3.05, 3.63) is 66.9 Å². The van der Waals surface area contributed by atoms with Crippen molar-refractivity contribution in [1.82, 2.24) is 24.7 Å². The second kappa shape index (κ2) is 7.81. The summed E-state index contributed by atoms with van der Waals surface area (Å²) in [5.41, 5.74) is 2.14. The van der Waals surface area contributed by atoms with Crippen LogP contribution in [0.15, 0.2) is 66.1 Å². The third-order valence-electron chi connectivity index (χ3n) is 4.28. The summed E-state index contributed by atoms with van der Waals surface area (Å²) in [6.45, 7) is 0. The highest BCUT2D eigenvalue weighted by atomic mass is 32.2. The van der Waals surface area contributed by atoms with Crippen LogP contribution in [0.25, 0.3) is 26.9 Å². The molecular weight excluding hydrogens is 423 g/mol. The molecule has 0 unspecified atom stereocenters. The Morgan fingerprint density at radius 3 is 2.80 bits per heavy atom. The normalized spacial score (nSPS) is 11.2. The van der Waals surface area contributed by atoms with Gasteiger partial charge in [0.2, 0.25) is 5.91 Å². The molecule has 10 heteroatoms. The van der Waals surface area contributed by atoms with Gasteiger partial charge >= 0.3 is 0 Å².